The van der Waals surface area contributed by atoms with Crippen LogP contribution in [0.15, 0.2) is 24.3 Å². The molecule has 1 saturated heterocycles. The second-order valence-corrected chi connectivity index (χ2v) is 5.97. The van der Waals surface area contributed by atoms with Crippen LogP contribution in [0, 0.1) is 11.8 Å². The topological polar surface area (TPSA) is 12.0 Å². The van der Waals surface area contributed by atoms with Crippen LogP contribution in [0.2, 0.25) is 0 Å². The van der Waals surface area contributed by atoms with Crippen molar-refractivity contribution in [3.05, 3.63) is 35.4 Å². The molecule has 94 valence electrons. The Bertz CT molecular complexity index is 339. The fourth-order valence-electron chi connectivity index (χ4n) is 2.80. The number of hydrogen-bond donors (Lipinski definition) is 1. The van der Waals surface area contributed by atoms with Gasteiger partial charge in [-0.25, -0.2) is 0 Å². The van der Waals surface area contributed by atoms with Crippen LogP contribution in [-0.4, -0.2) is 13.1 Å². The Kier molecular flexibility index (Phi) is 4.22. The number of nitrogens with one attached hydrogen (secondary N) is 1. The van der Waals surface area contributed by atoms with E-state index in [9.17, 15) is 0 Å². The van der Waals surface area contributed by atoms with Crippen LogP contribution in [0.1, 0.15) is 44.2 Å². The average Bonchev–Trinajstić information content (AvgIpc) is 2.29. The van der Waals surface area contributed by atoms with Gasteiger partial charge in [-0.05, 0) is 54.8 Å². The molecule has 0 saturated carbocycles. The summed E-state index contributed by atoms with van der Waals surface area (Å²) in [5.41, 5.74) is 2.94. The number of hydrogen-bond acceptors (Lipinski definition) is 1. The van der Waals surface area contributed by atoms with Crippen molar-refractivity contribution in [3.63, 3.8) is 0 Å². The minimum Gasteiger partial charge on any atom is -0.316 e. The van der Waals surface area contributed by atoms with Crippen molar-refractivity contribution >= 4 is 0 Å². The first-order valence-electron chi connectivity index (χ1n) is 6.94. The molecule has 0 aromatic heterocycles. The highest BCUT2D eigenvalue weighted by atomic mass is 14.9. The van der Waals surface area contributed by atoms with Crippen molar-refractivity contribution in [2.24, 2.45) is 11.8 Å². The molecule has 1 N–H and O–H groups in total. The molecule has 1 heterocycles. The molecule has 2 atom stereocenters. The van der Waals surface area contributed by atoms with Crippen molar-refractivity contribution in [1.29, 1.82) is 0 Å². The summed E-state index contributed by atoms with van der Waals surface area (Å²) in [5, 5.41) is 3.53. The largest absolute Gasteiger partial charge is 0.316 e. The minimum absolute atomic E-state index is 0.639. The Morgan fingerprint density at radius 3 is 2.47 bits per heavy atom. The van der Waals surface area contributed by atoms with Crippen molar-refractivity contribution in [3.8, 4) is 0 Å². The van der Waals surface area contributed by atoms with E-state index in [2.05, 4.69) is 50.4 Å². The van der Waals surface area contributed by atoms with E-state index in [1.807, 2.05) is 0 Å². The van der Waals surface area contributed by atoms with Gasteiger partial charge in [-0.15, -0.1) is 0 Å². The predicted molar refractivity (Wildman–Crippen MR) is 74.4 cm³/mol. The molecule has 0 bridgehead atoms. The van der Waals surface area contributed by atoms with Gasteiger partial charge in [-0.3, -0.25) is 0 Å². The number of benzene rings is 1. The van der Waals surface area contributed by atoms with Crippen molar-refractivity contribution in [1.82, 2.24) is 5.32 Å². The van der Waals surface area contributed by atoms with Crippen LogP contribution in [0.4, 0.5) is 0 Å². The second-order valence-electron chi connectivity index (χ2n) is 5.97. The van der Waals surface area contributed by atoms with Gasteiger partial charge >= 0.3 is 0 Å². The van der Waals surface area contributed by atoms with Gasteiger partial charge in [0.05, 0.1) is 0 Å². The highest BCUT2D eigenvalue weighted by Gasteiger charge is 2.18. The normalized spacial score (nSPS) is 25.2. The van der Waals surface area contributed by atoms with E-state index in [1.165, 1.54) is 37.1 Å². The summed E-state index contributed by atoms with van der Waals surface area (Å²) < 4.78 is 0. The molecule has 1 nitrogen and oxygen atoms in total. The van der Waals surface area contributed by atoms with Gasteiger partial charge in [-0.1, -0.05) is 45.0 Å². The van der Waals surface area contributed by atoms with E-state index >= 15 is 0 Å². The van der Waals surface area contributed by atoms with E-state index in [1.54, 1.807) is 0 Å². The fourth-order valence-corrected chi connectivity index (χ4v) is 2.80. The van der Waals surface area contributed by atoms with Crippen molar-refractivity contribution in [2.45, 2.75) is 39.5 Å². The van der Waals surface area contributed by atoms with Crippen LogP contribution in [0.5, 0.6) is 0 Å². The Labute approximate surface area is 106 Å². The third-order valence-corrected chi connectivity index (χ3v) is 3.83. The standard InChI is InChI=1S/C16H25N/c1-12(2)16-6-4-14(5-7-16)9-15-8-13(3)10-17-11-15/h4-7,12-13,15,17H,8-11H2,1-3H3. The minimum atomic E-state index is 0.639. The van der Waals surface area contributed by atoms with Crippen LogP contribution in [0.3, 0.4) is 0 Å². The Morgan fingerprint density at radius 1 is 1.18 bits per heavy atom. The zero-order valence-electron chi connectivity index (χ0n) is 11.4. The molecule has 0 spiro atoms. The molecule has 1 heteroatoms. The van der Waals surface area contributed by atoms with Gasteiger partial charge in [0.25, 0.3) is 0 Å². The molecule has 2 unspecified atom stereocenters. The lowest BCUT2D eigenvalue weighted by atomic mass is 9.87. The van der Waals surface area contributed by atoms with Crippen LogP contribution in [0.25, 0.3) is 0 Å². The fraction of sp³-hybridized carbons (Fsp3) is 0.625. The van der Waals surface area contributed by atoms with E-state index in [-0.39, 0.29) is 0 Å². The van der Waals surface area contributed by atoms with E-state index < -0.39 is 0 Å². The lowest BCUT2D eigenvalue weighted by Gasteiger charge is -2.27. The smallest absolute Gasteiger partial charge is 0.00171 e. The van der Waals surface area contributed by atoms with Crippen molar-refractivity contribution < 1.29 is 0 Å². The van der Waals surface area contributed by atoms with E-state index in [0.717, 1.165) is 11.8 Å². The summed E-state index contributed by atoms with van der Waals surface area (Å²) in [6.07, 6.45) is 2.61. The summed E-state index contributed by atoms with van der Waals surface area (Å²) in [6.45, 7) is 9.24. The zero-order chi connectivity index (χ0) is 12.3. The number of piperidine rings is 1. The first-order valence-corrected chi connectivity index (χ1v) is 6.94. The maximum absolute atomic E-state index is 3.53. The van der Waals surface area contributed by atoms with Crippen LogP contribution >= 0.6 is 0 Å². The molecule has 1 aromatic carbocycles. The molecule has 2 rings (SSSR count). The molecule has 0 aliphatic carbocycles. The van der Waals surface area contributed by atoms with Gasteiger partial charge in [0.15, 0.2) is 0 Å². The predicted octanol–water partition coefficient (Wildman–Crippen LogP) is 3.60. The van der Waals surface area contributed by atoms with Gasteiger partial charge in [0.1, 0.15) is 0 Å². The average molecular weight is 231 g/mol. The Balaban J connectivity index is 1.94. The van der Waals surface area contributed by atoms with Gasteiger partial charge in [0, 0.05) is 0 Å². The highest BCUT2D eigenvalue weighted by Crippen LogP contribution is 2.21. The second kappa shape index (κ2) is 5.68. The maximum Gasteiger partial charge on any atom is -0.00171 e. The van der Waals surface area contributed by atoms with E-state index in [0.29, 0.717) is 5.92 Å². The quantitative estimate of drug-likeness (QED) is 0.838. The first kappa shape index (κ1) is 12.6. The van der Waals surface area contributed by atoms with Crippen LogP contribution in [-0.2, 0) is 6.42 Å². The Hall–Kier alpha value is -0.820. The van der Waals surface area contributed by atoms with Gasteiger partial charge in [-0.2, -0.15) is 0 Å². The van der Waals surface area contributed by atoms with Crippen molar-refractivity contribution in [2.75, 3.05) is 13.1 Å². The first-order chi connectivity index (χ1) is 8.15. The van der Waals surface area contributed by atoms with Gasteiger partial charge < -0.3 is 5.32 Å². The lowest BCUT2D eigenvalue weighted by Crippen LogP contribution is -2.35. The molecular weight excluding hydrogens is 206 g/mol. The Morgan fingerprint density at radius 2 is 1.88 bits per heavy atom. The molecule has 17 heavy (non-hydrogen) atoms. The van der Waals surface area contributed by atoms with Gasteiger partial charge in [0.2, 0.25) is 0 Å². The maximum atomic E-state index is 3.53. The number of rotatable bonds is 3. The molecule has 1 aliphatic rings. The molecule has 0 amide bonds. The third kappa shape index (κ3) is 3.57. The molecule has 1 aliphatic heterocycles. The SMILES string of the molecule is CC1CNCC(Cc2ccc(C(C)C)cc2)C1. The lowest BCUT2D eigenvalue weighted by molar-refractivity contribution is 0.301. The molecule has 1 fully saturated rings. The van der Waals surface area contributed by atoms with Crippen LogP contribution < -0.4 is 5.32 Å². The summed E-state index contributed by atoms with van der Waals surface area (Å²) in [7, 11) is 0. The highest BCUT2D eigenvalue weighted by molar-refractivity contribution is 5.25. The molecule has 1 aromatic rings. The summed E-state index contributed by atoms with van der Waals surface area (Å²) in [4.78, 5) is 0. The summed E-state index contributed by atoms with van der Waals surface area (Å²) in [6, 6.07) is 9.21. The van der Waals surface area contributed by atoms with E-state index in [4.69, 9.17) is 0 Å². The molecule has 0 radical (unpaired) electrons. The summed E-state index contributed by atoms with van der Waals surface area (Å²) >= 11 is 0. The third-order valence-electron chi connectivity index (χ3n) is 3.83. The monoisotopic (exact) mass is 231 g/mol. The summed E-state index contributed by atoms with van der Waals surface area (Å²) in [5.74, 6) is 2.30. The molecular formula is C16H25N. The zero-order valence-corrected chi connectivity index (χ0v) is 11.4.